The van der Waals surface area contributed by atoms with E-state index in [1.165, 1.54) is 19.2 Å². The Kier molecular flexibility index (Phi) is 3.71. The number of carbonyl (C=O) groups excluding carboxylic acids is 1. The lowest BCUT2D eigenvalue weighted by molar-refractivity contribution is 0.103. The van der Waals surface area contributed by atoms with E-state index in [1.807, 2.05) is 0 Å². The maximum atomic E-state index is 12.2. The predicted octanol–water partition coefficient (Wildman–Crippen LogP) is 2.64. The largest absolute Gasteiger partial charge is 0.508 e. The number of hydrogen-bond donors (Lipinski definition) is 1. The van der Waals surface area contributed by atoms with Gasteiger partial charge in [-0.2, -0.15) is 0 Å². The Morgan fingerprint density at radius 1 is 0.895 bits per heavy atom. The third kappa shape index (κ3) is 2.68. The van der Waals surface area contributed by atoms with Crippen molar-refractivity contribution in [1.29, 1.82) is 0 Å². The van der Waals surface area contributed by atoms with Crippen molar-refractivity contribution in [2.24, 2.45) is 0 Å². The second-order valence-corrected chi connectivity index (χ2v) is 3.95. The fraction of sp³-hybridized carbons (Fsp3) is 0.133. The first-order valence-corrected chi connectivity index (χ1v) is 5.71. The van der Waals surface area contributed by atoms with Gasteiger partial charge >= 0.3 is 0 Å². The van der Waals surface area contributed by atoms with Gasteiger partial charge < -0.3 is 14.6 Å². The molecule has 0 amide bonds. The molecule has 0 unspecified atom stereocenters. The molecule has 0 aromatic heterocycles. The quantitative estimate of drug-likeness (QED) is 0.856. The molecular weight excluding hydrogens is 244 g/mol. The van der Waals surface area contributed by atoms with Crippen molar-refractivity contribution in [3.05, 3.63) is 53.6 Å². The molecule has 4 nitrogen and oxygen atoms in total. The molecule has 0 radical (unpaired) electrons. The van der Waals surface area contributed by atoms with Crippen molar-refractivity contribution in [3.8, 4) is 17.2 Å². The summed E-state index contributed by atoms with van der Waals surface area (Å²) in [7, 11) is 3.06. The van der Waals surface area contributed by atoms with E-state index in [9.17, 15) is 9.90 Å². The summed E-state index contributed by atoms with van der Waals surface area (Å²) in [5.74, 6) is 1.07. The Bertz CT molecular complexity index is 588. The van der Waals surface area contributed by atoms with Gasteiger partial charge in [-0.25, -0.2) is 0 Å². The minimum Gasteiger partial charge on any atom is -0.508 e. The molecule has 0 spiro atoms. The van der Waals surface area contributed by atoms with Crippen LogP contribution >= 0.6 is 0 Å². The fourth-order valence-electron chi connectivity index (χ4n) is 1.76. The van der Waals surface area contributed by atoms with Gasteiger partial charge in [0.05, 0.1) is 14.2 Å². The molecule has 0 aliphatic heterocycles. The molecule has 0 heterocycles. The summed E-state index contributed by atoms with van der Waals surface area (Å²) in [6, 6.07) is 11.1. The zero-order valence-corrected chi connectivity index (χ0v) is 10.7. The summed E-state index contributed by atoms with van der Waals surface area (Å²) >= 11 is 0. The van der Waals surface area contributed by atoms with Gasteiger partial charge in [-0.1, -0.05) is 0 Å². The molecule has 98 valence electrons. The monoisotopic (exact) mass is 258 g/mol. The van der Waals surface area contributed by atoms with E-state index in [1.54, 1.807) is 37.4 Å². The van der Waals surface area contributed by atoms with Crippen LogP contribution in [0.4, 0.5) is 0 Å². The highest BCUT2D eigenvalue weighted by Gasteiger charge is 2.12. The number of carbonyl (C=O) groups is 1. The molecular formula is C15H14O4. The molecule has 0 saturated carbocycles. The van der Waals surface area contributed by atoms with Crippen LogP contribution in [0, 0.1) is 0 Å². The van der Waals surface area contributed by atoms with Crippen molar-refractivity contribution in [2.75, 3.05) is 14.2 Å². The van der Waals surface area contributed by atoms with Crippen molar-refractivity contribution in [3.63, 3.8) is 0 Å². The van der Waals surface area contributed by atoms with Gasteiger partial charge in [0.15, 0.2) is 17.3 Å². The fourth-order valence-corrected chi connectivity index (χ4v) is 1.76. The van der Waals surface area contributed by atoms with E-state index in [4.69, 9.17) is 9.47 Å². The Morgan fingerprint density at radius 2 is 1.47 bits per heavy atom. The van der Waals surface area contributed by atoms with E-state index in [2.05, 4.69) is 0 Å². The molecule has 0 atom stereocenters. The summed E-state index contributed by atoms with van der Waals surface area (Å²) in [4.78, 5) is 12.2. The first-order valence-electron chi connectivity index (χ1n) is 5.71. The lowest BCUT2D eigenvalue weighted by atomic mass is 10.0. The second-order valence-electron chi connectivity index (χ2n) is 3.95. The third-order valence-electron chi connectivity index (χ3n) is 2.78. The van der Waals surface area contributed by atoms with Gasteiger partial charge in [-0.15, -0.1) is 0 Å². The van der Waals surface area contributed by atoms with E-state index >= 15 is 0 Å². The number of phenols is 1. The Balaban J connectivity index is 2.36. The van der Waals surface area contributed by atoms with Crippen molar-refractivity contribution >= 4 is 5.78 Å². The molecule has 0 aliphatic carbocycles. The minimum atomic E-state index is -0.138. The van der Waals surface area contributed by atoms with Crippen LogP contribution in [0.25, 0.3) is 0 Å². The van der Waals surface area contributed by atoms with Crippen molar-refractivity contribution in [1.82, 2.24) is 0 Å². The van der Waals surface area contributed by atoms with Crippen LogP contribution in [0.15, 0.2) is 42.5 Å². The normalized spacial score (nSPS) is 10.0. The highest BCUT2D eigenvalue weighted by molar-refractivity contribution is 6.09. The van der Waals surface area contributed by atoms with Crippen molar-refractivity contribution < 1.29 is 19.4 Å². The summed E-state index contributed by atoms with van der Waals surface area (Å²) in [6.07, 6.45) is 0. The average Bonchev–Trinajstić information content (AvgIpc) is 2.46. The van der Waals surface area contributed by atoms with E-state index in [0.29, 0.717) is 22.6 Å². The first kappa shape index (κ1) is 13.0. The van der Waals surface area contributed by atoms with Crippen LogP contribution < -0.4 is 9.47 Å². The Morgan fingerprint density at radius 3 is 2.05 bits per heavy atom. The molecule has 2 aromatic rings. The number of rotatable bonds is 4. The lowest BCUT2D eigenvalue weighted by Gasteiger charge is -2.09. The van der Waals surface area contributed by atoms with Gasteiger partial charge in [-0.3, -0.25) is 4.79 Å². The summed E-state index contributed by atoms with van der Waals surface area (Å²) < 4.78 is 10.3. The standard InChI is InChI=1S/C15H14O4/c1-18-13-8-5-11(9-14(13)19-2)15(17)10-3-6-12(16)7-4-10/h3-9,16H,1-2H3. The van der Waals surface area contributed by atoms with E-state index < -0.39 is 0 Å². The SMILES string of the molecule is COc1ccc(C(=O)c2ccc(O)cc2)cc1OC. The van der Waals surface area contributed by atoms with E-state index in [0.717, 1.165) is 0 Å². The maximum absolute atomic E-state index is 12.2. The number of hydrogen-bond acceptors (Lipinski definition) is 4. The molecule has 2 aromatic carbocycles. The molecule has 4 heteroatoms. The maximum Gasteiger partial charge on any atom is 0.193 e. The molecule has 0 aliphatic rings. The van der Waals surface area contributed by atoms with Gasteiger partial charge in [0.25, 0.3) is 0 Å². The zero-order valence-electron chi connectivity index (χ0n) is 10.7. The number of methoxy groups -OCH3 is 2. The van der Waals surface area contributed by atoms with Crippen molar-refractivity contribution in [2.45, 2.75) is 0 Å². The lowest BCUT2D eigenvalue weighted by Crippen LogP contribution is -2.02. The summed E-state index contributed by atoms with van der Waals surface area (Å²) in [6.45, 7) is 0. The molecule has 0 fully saturated rings. The van der Waals surface area contributed by atoms with Crippen LogP contribution in [0.3, 0.4) is 0 Å². The number of phenolic OH excluding ortho intramolecular Hbond substituents is 1. The summed E-state index contributed by atoms with van der Waals surface area (Å²) in [5.41, 5.74) is 1.01. The smallest absolute Gasteiger partial charge is 0.193 e. The average molecular weight is 258 g/mol. The molecule has 0 saturated heterocycles. The number of benzene rings is 2. The van der Waals surface area contributed by atoms with Gasteiger partial charge in [0.2, 0.25) is 0 Å². The molecule has 0 bridgehead atoms. The Hall–Kier alpha value is -2.49. The third-order valence-corrected chi connectivity index (χ3v) is 2.78. The van der Waals surface area contributed by atoms with Gasteiger partial charge in [0, 0.05) is 11.1 Å². The molecule has 1 N–H and O–H groups in total. The van der Waals surface area contributed by atoms with Crippen LogP contribution in [-0.4, -0.2) is 25.1 Å². The Labute approximate surface area is 111 Å². The van der Waals surface area contributed by atoms with E-state index in [-0.39, 0.29) is 11.5 Å². The van der Waals surface area contributed by atoms with Crippen LogP contribution in [0.5, 0.6) is 17.2 Å². The highest BCUT2D eigenvalue weighted by Crippen LogP contribution is 2.28. The molecule has 2 rings (SSSR count). The first-order chi connectivity index (χ1) is 9.15. The van der Waals surface area contributed by atoms with Crippen LogP contribution in [0.2, 0.25) is 0 Å². The van der Waals surface area contributed by atoms with Crippen LogP contribution in [-0.2, 0) is 0 Å². The molecule has 19 heavy (non-hydrogen) atoms. The minimum absolute atomic E-state index is 0.129. The topological polar surface area (TPSA) is 55.8 Å². The van der Waals surface area contributed by atoms with Gasteiger partial charge in [0.1, 0.15) is 5.75 Å². The highest BCUT2D eigenvalue weighted by atomic mass is 16.5. The van der Waals surface area contributed by atoms with Gasteiger partial charge in [-0.05, 0) is 42.5 Å². The number of aromatic hydroxyl groups is 1. The zero-order chi connectivity index (χ0) is 13.8. The number of ketones is 1. The summed E-state index contributed by atoms with van der Waals surface area (Å²) in [5, 5.41) is 9.21. The number of ether oxygens (including phenoxy) is 2. The van der Waals surface area contributed by atoms with Crippen LogP contribution in [0.1, 0.15) is 15.9 Å². The predicted molar refractivity (Wildman–Crippen MR) is 71.1 cm³/mol. The second kappa shape index (κ2) is 5.44.